The summed E-state index contributed by atoms with van der Waals surface area (Å²) in [5, 5.41) is 0. The van der Waals surface area contributed by atoms with Crippen LogP contribution in [0.4, 0.5) is 13.2 Å². The molecule has 0 radical (unpaired) electrons. The zero-order valence-corrected chi connectivity index (χ0v) is 15.8. The number of aryl methyl sites for hydroxylation is 2. The molecule has 0 saturated heterocycles. The van der Waals surface area contributed by atoms with E-state index in [0.717, 1.165) is 0 Å². The molecule has 1 aromatic carbocycles. The first kappa shape index (κ1) is 21.6. The first-order valence-corrected chi connectivity index (χ1v) is 8.86. The number of alkyl halides is 3. The Hall–Kier alpha value is -1.41. The minimum absolute atomic E-state index is 0.256. The first-order chi connectivity index (χ1) is 11.4. The van der Waals surface area contributed by atoms with E-state index in [-0.39, 0.29) is 16.4 Å². The number of benzene rings is 1. The molecule has 0 amide bonds. The molecule has 142 valence electrons. The topological polar surface area (TPSA) is 58.6 Å². The van der Waals surface area contributed by atoms with Crippen LogP contribution in [0.15, 0.2) is 17.0 Å². The Morgan fingerprint density at radius 1 is 1.20 bits per heavy atom. The number of rotatable bonds is 7. The van der Waals surface area contributed by atoms with Crippen molar-refractivity contribution in [2.75, 3.05) is 13.7 Å². The number of hydrogen-bond donors (Lipinski definition) is 0. The van der Waals surface area contributed by atoms with E-state index >= 15 is 0 Å². The molecule has 1 aromatic rings. The van der Waals surface area contributed by atoms with Crippen LogP contribution in [0.1, 0.15) is 37.8 Å². The van der Waals surface area contributed by atoms with Crippen molar-refractivity contribution in [1.82, 2.24) is 0 Å². The Kier molecular flexibility index (Phi) is 7.19. The van der Waals surface area contributed by atoms with Gasteiger partial charge in [-0.15, -0.1) is 13.2 Å². The molecule has 0 aliphatic heterocycles. The summed E-state index contributed by atoms with van der Waals surface area (Å²) >= 11 is -3.06. The molecule has 0 aliphatic carbocycles. The molecule has 0 N–H and O–H groups in total. The normalized spacial score (nSPS) is 13.5. The van der Waals surface area contributed by atoms with Crippen molar-refractivity contribution < 1.29 is 32.0 Å². The molecule has 1 atom stereocenters. The molecule has 0 saturated carbocycles. The van der Waals surface area contributed by atoms with Gasteiger partial charge in [0.1, 0.15) is 5.75 Å². The van der Waals surface area contributed by atoms with Crippen molar-refractivity contribution in [3.05, 3.63) is 23.3 Å². The minimum atomic E-state index is -4.79. The first-order valence-electron chi connectivity index (χ1n) is 7.71. The molecule has 0 fully saturated rings. The van der Waals surface area contributed by atoms with Gasteiger partial charge >= 0.3 is 11.5 Å². The summed E-state index contributed by atoms with van der Waals surface area (Å²) in [6.45, 7) is 6.92. The Morgan fingerprint density at radius 2 is 1.80 bits per heavy atom. The van der Waals surface area contributed by atoms with E-state index in [2.05, 4.69) is 0 Å². The van der Waals surface area contributed by atoms with Crippen molar-refractivity contribution in [2.45, 2.75) is 50.9 Å². The molecule has 0 spiro atoms. The van der Waals surface area contributed by atoms with Gasteiger partial charge in [0.25, 0.3) is 0 Å². The SMILES string of the molecule is COC(=O)C(C)(C)CCCOc1cc(C)c([S+]([O-])C(F)(F)F)cc1C. The predicted octanol–water partition coefficient (Wildman–Crippen LogP) is 4.29. The average Bonchev–Trinajstić information content (AvgIpc) is 2.51. The highest BCUT2D eigenvalue weighted by molar-refractivity contribution is 7.92. The highest BCUT2D eigenvalue weighted by Gasteiger charge is 2.46. The zero-order valence-electron chi connectivity index (χ0n) is 15.0. The zero-order chi connectivity index (χ0) is 19.4. The fourth-order valence-corrected chi connectivity index (χ4v) is 3.20. The predicted molar refractivity (Wildman–Crippen MR) is 88.9 cm³/mol. The van der Waals surface area contributed by atoms with Crippen LogP contribution in [-0.2, 0) is 20.7 Å². The van der Waals surface area contributed by atoms with Gasteiger partial charge in [-0.2, -0.15) is 0 Å². The summed E-state index contributed by atoms with van der Waals surface area (Å²) in [5.74, 6) is 0.134. The standard InChI is InChI=1S/C17H23F3O4S/c1-11-10-14(25(22)17(18,19)20)12(2)9-13(11)24-8-6-7-16(3,4)15(21)23-5/h9-10H,6-8H2,1-5H3. The molecule has 8 heteroatoms. The summed E-state index contributed by atoms with van der Waals surface area (Å²) in [5.41, 5.74) is -4.69. The largest absolute Gasteiger partial charge is 0.604 e. The van der Waals surface area contributed by atoms with Gasteiger partial charge in [-0.25, -0.2) is 0 Å². The molecule has 1 rings (SSSR count). The maximum atomic E-state index is 12.6. The molecule has 25 heavy (non-hydrogen) atoms. The number of carbonyl (C=O) groups is 1. The Labute approximate surface area is 148 Å². The highest BCUT2D eigenvalue weighted by Crippen LogP contribution is 2.35. The van der Waals surface area contributed by atoms with Crippen LogP contribution in [0.2, 0.25) is 0 Å². The Balaban J connectivity index is 2.73. The van der Waals surface area contributed by atoms with Gasteiger partial charge in [-0.05, 0) is 52.2 Å². The van der Waals surface area contributed by atoms with Crippen LogP contribution in [0, 0.1) is 19.3 Å². The molecule has 0 bridgehead atoms. The number of esters is 1. The summed E-state index contributed by atoms with van der Waals surface area (Å²) in [6, 6.07) is 2.70. The second-order valence-corrected chi connectivity index (χ2v) is 7.87. The molecule has 1 unspecified atom stereocenters. The van der Waals surface area contributed by atoms with Crippen LogP contribution in [0.25, 0.3) is 0 Å². The molecule has 0 aromatic heterocycles. The summed E-state index contributed by atoms with van der Waals surface area (Å²) in [7, 11) is 1.33. The van der Waals surface area contributed by atoms with Gasteiger partial charge in [0.05, 0.1) is 30.3 Å². The second kappa shape index (κ2) is 8.31. The maximum Gasteiger partial charge on any atom is 0.578 e. The van der Waals surface area contributed by atoms with Crippen LogP contribution in [0.3, 0.4) is 0 Å². The lowest BCUT2D eigenvalue weighted by molar-refractivity contribution is -0.151. The average molecular weight is 380 g/mol. The molecule has 0 aliphatic rings. The van der Waals surface area contributed by atoms with Crippen molar-refractivity contribution >= 4 is 17.1 Å². The van der Waals surface area contributed by atoms with E-state index in [9.17, 15) is 22.5 Å². The molecular formula is C17H23F3O4S. The van der Waals surface area contributed by atoms with Crippen LogP contribution < -0.4 is 4.74 Å². The lowest BCUT2D eigenvalue weighted by Crippen LogP contribution is -2.26. The second-order valence-electron chi connectivity index (χ2n) is 6.43. The van der Waals surface area contributed by atoms with Crippen LogP contribution in [0.5, 0.6) is 5.75 Å². The van der Waals surface area contributed by atoms with E-state index in [4.69, 9.17) is 9.47 Å². The maximum absolute atomic E-state index is 12.6. The van der Waals surface area contributed by atoms with Gasteiger partial charge in [-0.3, -0.25) is 4.79 Å². The minimum Gasteiger partial charge on any atom is -0.604 e. The van der Waals surface area contributed by atoms with E-state index in [0.29, 0.717) is 30.8 Å². The highest BCUT2D eigenvalue weighted by atomic mass is 32.2. The van der Waals surface area contributed by atoms with Gasteiger partial charge < -0.3 is 14.0 Å². The fraction of sp³-hybridized carbons (Fsp3) is 0.588. The third-order valence-electron chi connectivity index (χ3n) is 3.82. The van der Waals surface area contributed by atoms with Crippen molar-refractivity contribution in [3.8, 4) is 5.75 Å². The lowest BCUT2D eigenvalue weighted by atomic mass is 9.88. The Morgan fingerprint density at radius 3 is 2.32 bits per heavy atom. The monoisotopic (exact) mass is 380 g/mol. The van der Waals surface area contributed by atoms with Gasteiger partial charge in [0, 0.05) is 11.6 Å². The summed E-state index contributed by atoms with van der Waals surface area (Å²) in [4.78, 5) is 11.3. The number of halogens is 3. The number of ether oxygens (including phenoxy) is 2. The quantitative estimate of drug-likeness (QED) is 0.402. The Bertz CT molecular complexity index is 615. The van der Waals surface area contributed by atoms with Crippen molar-refractivity contribution in [3.63, 3.8) is 0 Å². The molecule has 4 nitrogen and oxygen atoms in total. The lowest BCUT2D eigenvalue weighted by Gasteiger charge is -2.21. The number of hydrogen-bond acceptors (Lipinski definition) is 4. The van der Waals surface area contributed by atoms with E-state index in [1.165, 1.54) is 26.2 Å². The van der Waals surface area contributed by atoms with Crippen molar-refractivity contribution in [1.29, 1.82) is 0 Å². The smallest absolute Gasteiger partial charge is 0.578 e. The fourth-order valence-electron chi connectivity index (χ4n) is 2.32. The van der Waals surface area contributed by atoms with Gasteiger partial charge in [0.15, 0.2) is 4.90 Å². The molecule has 0 heterocycles. The summed E-state index contributed by atoms with van der Waals surface area (Å²) < 4.78 is 59.8. The van der Waals surface area contributed by atoms with Gasteiger partial charge in [0.2, 0.25) is 0 Å². The van der Waals surface area contributed by atoms with E-state index in [1.807, 2.05) is 0 Å². The van der Waals surface area contributed by atoms with E-state index < -0.39 is 22.1 Å². The number of methoxy groups -OCH3 is 1. The van der Waals surface area contributed by atoms with Crippen molar-refractivity contribution in [2.24, 2.45) is 5.41 Å². The summed E-state index contributed by atoms with van der Waals surface area (Å²) in [6.07, 6.45) is 1.13. The number of carbonyl (C=O) groups excluding carboxylic acids is 1. The van der Waals surface area contributed by atoms with E-state index in [1.54, 1.807) is 20.8 Å². The third-order valence-corrected chi connectivity index (χ3v) is 5.08. The molecular weight excluding hydrogens is 357 g/mol. The van der Waals surface area contributed by atoms with Crippen LogP contribution in [-0.4, -0.2) is 29.7 Å². The van der Waals surface area contributed by atoms with Gasteiger partial charge in [-0.1, -0.05) is 0 Å². The third kappa shape index (κ3) is 5.81. The van der Waals surface area contributed by atoms with Crippen LogP contribution >= 0.6 is 0 Å².